The van der Waals surface area contributed by atoms with Crippen LogP contribution < -0.4 is 5.32 Å². The predicted molar refractivity (Wildman–Crippen MR) is 79.8 cm³/mol. The average molecular weight is 287 g/mol. The molecule has 0 heterocycles. The summed E-state index contributed by atoms with van der Waals surface area (Å²) >= 11 is 0. The van der Waals surface area contributed by atoms with Gasteiger partial charge >= 0.3 is 12.0 Å². The summed E-state index contributed by atoms with van der Waals surface area (Å²) in [6.07, 6.45) is 0. The molecule has 2 atom stereocenters. The molecule has 6 nitrogen and oxygen atoms in total. The summed E-state index contributed by atoms with van der Waals surface area (Å²) in [6, 6.07) is -1.22. The summed E-state index contributed by atoms with van der Waals surface area (Å²) < 4.78 is 0. The molecule has 118 valence electrons. The van der Waals surface area contributed by atoms with E-state index in [2.05, 4.69) is 5.32 Å². The molecule has 0 saturated heterocycles. The number of carbonyl (C=O) groups excluding carboxylic acids is 1. The standard InChI is InChI=1S/C14H29N3O3/c1-8-17(10(2)9-16(6)7)13(20)15-11(12(18)19)14(3,4)5/h10-11H,8-9H2,1-7H3,(H,15,20)(H,18,19)/t10?,11-/m1/s1. The van der Waals surface area contributed by atoms with E-state index >= 15 is 0 Å². The second-order valence-electron chi connectivity index (χ2n) is 6.48. The number of carboxylic acids is 1. The van der Waals surface area contributed by atoms with Crippen LogP contribution in [0, 0.1) is 5.41 Å². The maximum Gasteiger partial charge on any atom is 0.326 e. The Kier molecular flexibility index (Phi) is 6.99. The van der Waals surface area contributed by atoms with Crippen molar-refractivity contribution in [3.05, 3.63) is 0 Å². The smallest absolute Gasteiger partial charge is 0.326 e. The van der Waals surface area contributed by atoms with Crippen molar-refractivity contribution in [1.29, 1.82) is 0 Å². The number of carboxylic acid groups (broad SMARTS) is 1. The number of aliphatic carboxylic acids is 1. The van der Waals surface area contributed by atoms with Crippen LogP contribution in [0.15, 0.2) is 0 Å². The zero-order valence-electron chi connectivity index (χ0n) is 13.7. The van der Waals surface area contributed by atoms with Gasteiger partial charge in [-0.15, -0.1) is 0 Å². The van der Waals surface area contributed by atoms with Gasteiger partial charge in [0.1, 0.15) is 6.04 Å². The summed E-state index contributed by atoms with van der Waals surface area (Å²) in [5.41, 5.74) is -0.536. The average Bonchev–Trinajstić information content (AvgIpc) is 2.23. The Morgan fingerprint density at radius 2 is 1.75 bits per heavy atom. The van der Waals surface area contributed by atoms with E-state index < -0.39 is 17.4 Å². The topological polar surface area (TPSA) is 72.9 Å². The van der Waals surface area contributed by atoms with Crippen LogP contribution in [-0.4, -0.2) is 66.2 Å². The SMILES string of the molecule is CCN(C(=O)N[C@H](C(=O)O)C(C)(C)C)C(C)CN(C)C. The number of nitrogens with zero attached hydrogens (tertiary/aromatic N) is 2. The number of rotatable bonds is 6. The molecule has 2 amide bonds. The molecular weight excluding hydrogens is 258 g/mol. The van der Waals surface area contributed by atoms with Crippen molar-refractivity contribution < 1.29 is 14.7 Å². The Balaban J connectivity index is 4.89. The largest absolute Gasteiger partial charge is 0.480 e. The third-order valence-corrected chi connectivity index (χ3v) is 3.14. The lowest BCUT2D eigenvalue weighted by Crippen LogP contribution is -2.56. The van der Waals surface area contributed by atoms with Crippen molar-refractivity contribution in [2.75, 3.05) is 27.2 Å². The lowest BCUT2D eigenvalue weighted by Gasteiger charge is -2.34. The van der Waals surface area contributed by atoms with Gasteiger partial charge in [-0.05, 0) is 33.4 Å². The van der Waals surface area contributed by atoms with Crippen LogP contribution in [0.2, 0.25) is 0 Å². The van der Waals surface area contributed by atoms with Gasteiger partial charge in [-0.2, -0.15) is 0 Å². The summed E-state index contributed by atoms with van der Waals surface area (Å²) in [4.78, 5) is 27.2. The molecule has 0 aromatic carbocycles. The first-order valence-corrected chi connectivity index (χ1v) is 6.95. The molecule has 0 spiro atoms. The first kappa shape index (κ1) is 18.7. The van der Waals surface area contributed by atoms with E-state index in [1.165, 1.54) is 0 Å². The Morgan fingerprint density at radius 3 is 2.05 bits per heavy atom. The van der Waals surface area contributed by atoms with Crippen molar-refractivity contribution in [3.8, 4) is 0 Å². The number of hydrogen-bond donors (Lipinski definition) is 2. The highest BCUT2D eigenvalue weighted by Crippen LogP contribution is 2.19. The van der Waals surface area contributed by atoms with Crippen molar-refractivity contribution in [1.82, 2.24) is 15.1 Å². The van der Waals surface area contributed by atoms with E-state index in [-0.39, 0.29) is 12.1 Å². The third kappa shape index (κ3) is 5.77. The predicted octanol–water partition coefficient (Wildman–Crippen LogP) is 1.47. The molecule has 0 saturated carbocycles. The fourth-order valence-corrected chi connectivity index (χ4v) is 2.14. The summed E-state index contributed by atoms with van der Waals surface area (Å²) in [7, 11) is 3.88. The second kappa shape index (κ2) is 7.47. The molecule has 0 aliphatic rings. The molecule has 0 aliphatic heterocycles. The normalized spacial score (nSPS) is 14.8. The molecule has 20 heavy (non-hydrogen) atoms. The molecule has 0 radical (unpaired) electrons. The van der Waals surface area contributed by atoms with Gasteiger partial charge in [0.05, 0.1) is 0 Å². The van der Waals surface area contributed by atoms with Crippen LogP contribution in [0.3, 0.4) is 0 Å². The maximum atomic E-state index is 12.3. The quantitative estimate of drug-likeness (QED) is 0.776. The van der Waals surface area contributed by atoms with Crippen LogP contribution in [0.4, 0.5) is 4.79 Å². The highest BCUT2D eigenvalue weighted by Gasteiger charge is 2.34. The van der Waals surface area contributed by atoms with Gasteiger partial charge in [-0.3, -0.25) is 0 Å². The van der Waals surface area contributed by atoms with Gasteiger partial charge in [0.15, 0.2) is 0 Å². The van der Waals surface area contributed by atoms with Crippen molar-refractivity contribution in [2.45, 2.75) is 46.7 Å². The van der Waals surface area contributed by atoms with Crippen molar-refractivity contribution in [3.63, 3.8) is 0 Å². The number of nitrogens with one attached hydrogen (secondary N) is 1. The van der Waals surface area contributed by atoms with E-state index in [4.69, 9.17) is 0 Å². The number of carbonyl (C=O) groups is 2. The maximum absolute atomic E-state index is 12.3. The molecular formula is C14H29N3O3. The van der Waals surface area contributed by atoms with Crippen LogP contribution in [0.25, 0.3) is 0 Å². The number of urea groups is 1. The van der Waals surface area contributed by atoms with Gasteiger partial charge in [-0.1, -0.05) is 20.8 Å². The fourth-order valence-electron chi connectivity index (χ4n) is 2.14. The van der Waals surface area contributed by atoms with Gasteiger partial charge in [0.25, 0.3) is 0 Å². The van der Waals surface area contributed by atoms with Crippen LogP contribution in [0.1, 0.15) is 34.6 Å². The first-order chi connectivity index (χ1) is 9.00. The lowest BCUT2D eigenvalue weighted by atomic mass is 9.87. The molecule has 0 rings (SSSR count). The van der Waals surface area contributed by atoms with E-state index in [0.29, 0.717) is 6.54 Å². The van der Waals surface area contributed by atoms with Crippen molar-refractivity contribution in [2.24, 2.45) is 5.41 Å². The van der Waals surface area contributed by atoms with E-state index in [1.807, 2.05) is 32.8 Å². The molecule has 0 bridgehead atoms. The molecule has 0 aromatic heterocycles. The Labute approximate surface area is 122 Å². The monoisotopic (exact) mass is 287 g/mol. The molecule has 0 aliphatic carbocycles. The minimum absolute atomic E-state index is 0.0180. The summed E-state index contributed by atoms with van der Waals surface area (Å²) in [5.74, 6) is -1.01. The van der Waals surface area contributed by atoms with Gasteiger partial charge in [0, 0.05) is 19.1 Å². The van der Waals surface area contributed by atoms with Crippen LogP contribution >= 0.6 is 0 Å². The van der Waals surface area contributed by atoms with Gasteiger partial charge < -0.3 is 20.2 Å². The Morgan fingerprint density at radius 1 is 1.25 bits per heavy atom. The highest BCUT2D eigenvalue weighted by atomic mass is 16.4. The van der Waals surface area contributed by atoms with Gasteiger partial charge in [-0.25, -0.2) is 9.59 Å². The summed E-state index contributed by atoms with van der Waals surface area (Å²) in [6.45, 7) is 10.5. The second-order valence-corrected chi connectivity index (χ2v) is 6.48. The number of hydrogen-bond acceptors (Lipinski definition) is 3. The molecule has 6 heteroatoms. The van der Waals surface area contributed by atoms with Crippen molar-refractivity contribution >= 4 is 12.0 Å². The zero-order valence-corrected chi connectivity index (χ0v) is 13.7. The van der Waals surface area contributed by atoms with E-state index in [0.717, 1.165) is 6.54 Å². The first-order valence-electron chi connectivity index (χ1n) is 6.95. The lowest BCUT2D eigenvalue weighted by molar-refractivity contribution is -0.142. The van der Waals surface area contributed by atoms with E-state index in [1.54, 1.807) is 25.7 Å². The van der Waals surface area contributed by atoms with Crippen LogP contribution in [0.5, 0.6) is 0 Å². The van der Waals surface area contributed by atoms with E-state index in [9.17, 15) is 14.7 Å². The fraction of sp³-hybridized carbons (Fsp3) is 0.857. The highest BCUT2D eigenvalue weighted by molar-refractivity contribution is 5.83. The minimum Gasteiger partial charge on any atom is -0.480 e. The van der Waals surface area contributed by atoms with Crippen LogP contribution in [-0.2, 0) is 4.79 Å². The number of likely N-dealkylation sites (N-methyl/N-ethyl adjacent to an activating group) is 2. The molecule has 0 aromatic rings. The molecule has 2 N–H and O–H groups in total. The zero-order chi connectivity index (χ0) is 16.1. The minimum atomic E-state index is -1.01. The summed E-state index contributed by atoms with van der Waals surface area (Å²) in [5, 5.41) is 11.9. The Hall–Kier alpha value is -1.30. The number of amides is 2. The van der Waals surface area contributed by atoms with Gasteiger partial charge in [0.2, 0.25) is 0 Å². The third-order valence-electron chi connectivity index (χ3n) is 3.14. The molecule has 0 fully saturated rings. The Bertz CT molecular complexity index is 337. The molecule has 1 unspecified atom stereocenters.